The van der Waals surface area contributed by atoms with E-state index in [0.29, 0.717) is 0 Å². The van der Waals surface area contributed by atoms with E-state index in [-0.39, 0.29) is 23.7 Å². The molecule has 0 aromatic heterocycles. The van der Waals surface area contributed by atoms with Crippen molar-refractivity contribution >= 4 is 5.78 Å². The van der Waals surface area contributed by atoms with Crippen molar-refractivity contribution < 1.29 is 19.0 Å². The highest BCUT2D eigenvalue weighted by Crippen LogP contribution is 2.20. The van der Waals surface area contributed by atoms with Crippen LogP contribution in [-0.2, 0) is 0 Å². The fourth-order valence-corrected chi connectivity index (χ4v) is 1.93. The first kappa shape index (κ1) is 15.2. The Hall–Kier alpha value is -2.20. The number of halogens is 1. The number of Topliss-reactive ketones (excluding diaryl/α,β-unsaturated/α-hetero) is 1. The number of aliphatic hydroxyl groups is 1. The van der Waals surface area contributed by atoms with E-state index >= 15 is 0 Å². The fourth-order valence-electron chi connectivity index (χ4n) is 1.93. The summed E-state index contributed by atoms with van der Waals surface area (Å²) in [7, 11) is 0. The van der Waals surface area contributed by atoms with Crippen molar-refractivity contribution in [2.75, 3.05) is 6.61 Å². The molecule has 4 heteroatoms. The molecule has 0 amide bonds. The highest BCUT2D eigenvalue weighted by Gasteiger charge is 2.11. The van der Waals surface area contributed by atoms with Gasteiger partial charge in [-0.1, -0.05) is 29.8 Å². The maximum atomic E-state index is 13.6. The predicted octanol–water partition coefficient (Wildman–Crippen LogP) is 3.45. The minimum atomic E-state index is -0.791. The molecule has 0 aliphatic rings. The highest BCUT2D eigenvalue weighted by molar-refractivity contribution is 5.94. The van der Waals surface area contributed by atoms with Crippen LogP contribution in [0.2, 0.25) is 0 Å². The Morgan fingerprint density at radius 3 is 2.48 bits per heavy atom. The second-order valence-electron chi connectivity index (χ2n) is 4.94. The van der Waals surface area contributed by atoms with Gasteiger partial charge < -0.3 is 9.84 Å². The number of ether oxygens (including phenoxy) is 1. The lowest BCUT2D eigenvalue weighted by Crippen LogP contribution is -2.10. The summed E-state index contributed by atoms with van der Waals surface area (Å²) in [6.07, 6.45) is -0.791. The van der Waals surface area contributed by atoms with Crippen LogP contribution in [0.1, 0.15) is 34.5 Å². The molecule has 2 aromatic carbocycles. The topological polar surface area (TPSA) is 46.5 Å². The molecule has 1 atom stereocenters. The normalized spacial score (nSPS) is 12.0. The molecular weight excluding hydrogens is 271 g/mol. The quantitative estimate of drug-likeness (QED) is 0.857. The molecule has 0 bridgehead atoms. The average molecular weight is 288 g/mol. The van der Waals surface area contributed by atoms with E-state index in [1.54, 1.807) is 0 Å². The molecule has 0 saturated carbocycles. The third-order valence-corrected chi connectivity index (χ3v) is 3.19. The number of ketones is 1. The lowest BCUT2D eigenvalue weighted by atomic mass is 10.1. The lowest BCUT2D eigenvalue weighted by Gasteiger charge is -2.13. The van der Waals surface area contributed by atoms with Gasteiger partial charge in [0.2, 0.25) is 0 Å². The number of aliphatic hydroxyl groups excluding tert-OH is 1. The van der Waals surface area contributed by atoms with Crippen molar-refractivity contribution in [1.82, 2.24) is 0 Å². The molecule has 0 saturated heterocycles. The minimum Gasteiger partial charge on any atom is -0.490 e. The Morgan fingerprint density at radius 2 is 1.90 bits per heavy atom. The van der Waals surface area contributed by atoms with Crippen LogP contribution in [0.3, 0.4) is 0 Å². The van der Waals surface area contributed by atoms with Gasteiger partial charge >= 0.3 is 0 Å². The van der Waals surface area contributed by atoms with E-state index in [0.717, 1.165) is 17.2 Å². The number of rotatable bonds is 5. The van der Waals surface area contributed by atoms with Crippen LogP contribution in [0.5, 0.6) is 5.75 Å². The van der Waals surface area contributed by atoms with Crippen LogP contribution in [0.25, 0.3) is 0 Å². The van der Waals surface area contributed by atoms with Gasteiger partial charge in [-0.25, -0.2) is 4.39 Å². The minimum absolute atomic E-state index is 0.0158. The van der Waals surface area contributed by atoms with E-state index in [1.165, 1.54) is 19.1 Å². The first-order chi connectivity index (χ1) is 9.97. The maximum absolute atomic E-state index is 13.6. The number of hydrogen-bond acceptors (Lipinski definition) is 3. The standard InChI is InChI=1S/C17H17FO3/c1-11-3-5-13(6-4-11)17(20)10-21-14-7-8-15(12(2)19)16(18)9-14/h3-9,17,20H,10H2,1-2H3. The molecular formula is C17H17FO3. The van der Waals surface area contributed by atoms with E-state index in [9.17, 15) is 14.3 Å². The van der Waals surface area contributed by atoms with Crippen molar-refractivity contribution in [3.63, 3.8) is 0 Å². The zero-order chi connectivity index (χ0) is 15.4. The fraction of sp³-hybridized carbons (Fsp3) is 0.235. The van der Waals surface area contributed by atoms with Gasteiger partial charge in [0.15, 0.2) is 5.78 Å². The second-order valence-corrected chi connectivity index (χ2v) is 4.94. The Bertz CT molecular complexity index is 635. The molecule has 21 heavy (non-hydrogen) atoms. The third-order valence-electron chi connectivity index (χ3n) is 3.19. The second kappa shape index (κ2) is 6.50. The Balaban J connectivity index is 2.01. The average Bonchev–Trinajstić information content (AvgIpc) is 2.45. The summed E-state index contributed by atoms with van der Waals surface area (Å²) < 4.78 is 19.0. The molecule has 2 aromatic rings. The maximum Gasteiger partial charge on any atom is 0.162 e. The van der Waals surface area contributed by atoms with Crippen LogP contribution < -0.4 is 4.74 Å². The summed E-state index contributed by atoms with van der Waals surface area (Å²) in [6.45, 7) is 3.29. The molecule has 0 heterocycles. The Morgan fingerprint density at radius 1 is 1.24 bits per heavy atom. The van der Waals surface area contributed by atoms with Crippen LogP contribution >= 0.6 is 0 Å². The summed E-state index contributed by atoms with van der Waals surface area (Å²) in [5.41, 5.74) is 1.87. The van der Waals surface area contributed by atoms with E-state index < -0.39 is 11.9 Å². The van der Waals surface area contributed by atoms with Crippen LogP contribution in [-0.4, -0.2) is 17.5 Å². The van der Waals surface area contributed by atoms with Crippen molar-refractivity contribution in [3.05, 3.63) is 65.0 Å². The van der Waals surface area contributed by atoms with Gasteiger partial charge in [0.25, 0.3) is 0 Å². The summed E-state index contributed by atoms with van der Waals surface area (Å²) in [5, 5.41) is 10.0. The van der Waals surface area contributed by atoms with Crippen molar-refractivity contribution in [2.45, 2.75) is 20.0 Å². The smallest absolute Gasteiger partial charge is 0.162 e. The number of carbonyl (C=O) groups is 1. The molecule has 3 nitrogen and oxygen atoms in total. The Labute approximate surface area is 123 Å². The van der Waals surface area contributed by atoms with Gasteiger partial charge in [-0.15, -0.1) is 0 Å². The molecule has 0 radical (unpaired) electrons. The monoisotopic (exact) mass is 288 g/mol. The number of aryl methyl sites for hydroxylation is 1. The van der Waals surface area contributed by atoms with Gasteiger partial charge in [0, 0.05) is 6.07 Å². The van der Waals surface area contributed by atoms with Gasteiger partial charge in [-0.3, -0.25) is 4.79 Å². The van der Waals surface area contributed by atoms with Gasteiger partial charge in [0.1, 0.15) is 24.3 Å². The van der Waals surface area contributed by atoms with Crippen molar-refractivity contribution in [3.8, 4) is 5.75 Å². The first-order valence-electron chi connectivity index (χ1n) is 6.65. The summed E-state index contributed by atoms with van der Waals surface area (Å²) in [4.78, 5) is 11.1. The molecule has 1 N–H and O–H groups in total. The van der Waals surface area contributed by atoms with E-state index in [4.69, 9.17) is 4.74 Å². The van der Waals surface area contributed by atoms with Crippen LogP contribution in [0.15, 0.2) is 42.5 Å². The SMILES string of the molecule is CC(=O)c1ccc(OCC(O)c2ccc(C)cc2)cc1F. The van der Waals surface area contributed by atoms with Crippen LogP contribution in [0.4, 0.5) is 4.39 Å². The largest absolute Gasteiger partial charge is 0.490 e. The number of benzene rings is 2. The van der Waals surface area contributed by atoms with Crippen LogP contribution in [0, 0.1) is 12.7 Å². The Kier molecular flexibility index (Phi) is 4.70. The highest BCUT2D eigenvalue weighted by atomic mass is 19.1. The molecule has 1 unspecified atom stereocenters. The molecule has 0 aliphatic carbocycles. The lowest BCUT2D eigenvalue weighted by molar-refractivity contribution is 0.101. The first-order valence-corrected chi connectivity index (χ1v) is 6.65. The molecule has 0 fully saturated rings. The van der Waals surface area contributed by atoms with Crippen molar-refractivity contribution in [2.24, 2.45) is 0 Å². The predicted molar refractivity (Wildman–Crippen MR) is 78.0 cm³/mol. The molecule has 0 spiro atoms. The number of carbonyl (C=O) groups excluding carboxylic acids is 1. The zero-order valence-corrected chi connectivity index (χ0v) is 12.0. The van der Waals surface area contributed by atoms with E-state index in [1.807, 2.05) is 31.2 Å². The number of hydrogen-bond donors (Lipinski definition) is 1. The molecule has 2 rings (SSSR count). The van der Waals surface area contributed by atoms with Gasteiger partial charge in [-0.2, -0.15) is 0 Å². The van der Waals surface area contributed by atoms with E-state index in [2.05, 4.69) is 0 Å². The summed E-state index contributed by atoms with van der Waals surface area (Å²) >= 11 is 0. The zero-order valence-electron chi connectivity index (χ0n) is 12.0. The summed E-state index contributed by atoms with van der Waals surface area (Å²) in [5.74, 6) is -0.674. The molecule has 0 aliphatic heterocycles. The summed E-state index contributed by atoms with van der Waals surface area (Å²) in [6, 6.07) is 11.5. The van der Waals surface area contributed by atoms with Gasteiger partial charge in [-0.05, 0) is 31.5 Å². The van der Waals surface area contributed by atoms with Crippen molar-refractivity contribution in [1.29, 1.82) is 0 Å². The van der Waals surface area contributed by atoms with Gasteiger partial charge in [0.05, 0.1) is 5.56 Å². The molecule has 110 valence electrons. The third kappa shape index (κ3) is 3.89.